The molecule has 10 heteroatoms. The molecule has 32 heavy (non-hydrogen) atoms. The van der Waals surface area contributed by atoms with E-state index in [0.717, 1.165) is 23.9 Å². The number of ketones is 1. The van der Waals surface area contributed by atoms with Crippen molar-refractivity contribution in [1.82, 2.24) is 4.72 Å². The third-order valence-corrected chi connectivity index (χ3v) is 6.88. The van der Waals surface area contributed by atoms with Crippen LogP contribution in [0.4, 0.5) is 13.2 Å². The van der Waals surface area contributed by atoms with Gasteiger partial charge in [0.2, 0.25) is 10.0 Å². The Kier molecular flexibility index (Phi) is 7.06. The Morgan fingerprint density at radius 3 is 2.31 bits per heavy atom. The highest BCUT2D eigenvalue weighted by Gasteiger charge is 2.30. The highest BCUT2D eigenvalue weighted by atomic mass is 32.2. The molecule has 0 saturated carbocycles. The van der Waals surface area contributed by atoms with Gasteiger partial charge in [-0.2, -0.15) is 13.2 Å². The number of Topliss-reactive ketones (excluding diaryl/α,β-unsaturated/α-hetero) is 1. The van der Waals surface area contributed by atoms with Crippen LogP contribution in [0.5, 0.6) is 0 Å². The predicted molar refractivity (Wildman–Crippen MR) is 117 cm³/mol. The fourth-order valence-electron chi connectivity index (χ4n) is 2.99. The van der Waals surface area contributed by atoms with Crippen molar-refractivity contribution < 1.29 is 31.2 Å². The highest BCUT2D eigenvalue weighted by Crippen LogP contribution is 2.32. The number of thioether (sulfide) groups is 1. The van der Waals surface area contributed by atoms with Crippen LogP contribution < -0.4 is 4.72 Å². The third kappa shape index (κ3) is 5.76. The predicted octanol–water partition coefficient (Wildman–Crippen LogP) is 4.80. The number of fused-ring (bicyclic) bond motifs is 1. The van der Waals surface area contributed by atoms with Gasteiger partial charge < -0.3 is 0 Å². The lowest BCUT2D eigenvalue weighted by Gasteiger charge is -2.12. The van der Waals surface area contributed by atoms with E-state index in [2.05, 4.69) is 4.72 Å². The average molecular weight is 482 g/mol. The first kappa shape index (κ1) is 24.0. The summed E-state index contributed by atoms with van der Waals surface area (Å²) in [4.78, 5) is 22.9. The van der Waals surface area contributed by atoms with E-state index in [1.807, 2.05) is 0 Å². The first-order valence-corrected chi connectivity index (χ1v) is 11.8. The van der Waals surface area contributed by atoms with Crippen LogP contribution in [-0.2, 0) is 27.5 Å². The van der Waals surface area contributed by atoms with Gasteiger partial charge >= 0.3 is 6.18 Å². The second kappa shape index (κ2) is 9.43. The van der Waals surface area contributed by atoms with Gasteiger partial charge in [0.25, 0.3) is 0 Å². The lowest BCUT2D eigenvalue weighted by Crippen LogP contribution is -2.23. The quantitative estimate of drug-likeness (QED) is 0.491. The van der Waals surface area contributed by atoms with E-state index in [-0.39, 0.29) is 33.7 Å². The second-order valence-corrected chi connectivity index (χ2v) is 9.82. The monoisotopic (exact) mass is 481 g/mol. The zero-order valence-corrected chi connectivity index (χ0v) is 18.4. The summed E-state index contributed by atoms with van der Waals surface area (Å²) >= 11 is 0.864. The highest BCUT2D eigenvalue weighted by molar-refractivity contribution is 8.14. The Hall–Kier alpha value is -2.69. The molecule has 0 unspecified atom stereocenters. The maximum atomic E-state index is 13.1. The molecular weight excluding hydrogens is 463 g/mol. The number of rotatable bonds is 7. The largest absolute Gasteiger partial charge is 0.416 e. The zero-order valence-electron chi connectivity index (χ0n) is 16.8. The topological polar surface area (TPSA) is 80.3 Å². The molecule has 0 bridgehead atoms. The summed E-state index contributed by atoms with van der Waals surface area (Å²) in [5, 5.41) is 0.660. The number of hydrogen-bond acceptors (Lipinski definition) is 5. The van der Waals surface area contributed by atoms with Gasteiger partial charge in [-0.1, -0.05) is 48.2 Å². The number of carbonyl (C=O) groups is 2. The molecule has 0 aliphatic heterocycles. The molecule has 0 aliphatic rings. The van der Waals surface area contributed by atoms with Crippen LogP contribution in [-0.4, -0.2) is 25.1 Å². The number of sulfonamides is 1. The summed E-state index contributed by atoms with van der Waals surface area (Å²) in [5.74, 6) is -0.348. The van der Waals surface area contributed by atoms with Gasteiger partial charge in [0.15, 0.2) is 10.9 Å². The summed E-state index contributed by atoms with van der Waals surface area (Å²) in [7, 11) is -3.98. The van der Waals surface area contributed by atoms with Gasteiger partial charge in [-0.05, 0) is 40.6 Å². The molecule has 0 aliphatic carbocycles. The van der Waals surface area contributed by atoms with Crippen molar-refractivity contribution >= 4 is 43.5 Å². The van der Waals surface area contributed by atoms with Crippen molar-refractivity contribution in [2.24, 2.45) is 0 Å². The van der Waals surface area contributed by atoms with E-state index in [0.29, 0.717) is 16.3 Å². The van der Waals surface area contributed by atoms with Crippen molar-refractivity contribution in [3.05, 3.63) is 77.4 Å². The Bertz CT molecular complexity index is 1270. The molecule has 3 aromatic rings. The fourth-order valence-corrected chi connectivity index (χ4v) is 4.50. The molecule has 0 fully saturated rings. The van der Waals surface area contributed by atoms with Crippen LogP contribution in [0.1, 0.15) is 28.4 Å². The number of nitrogens with one attached hydrogen (secondary N) is 1. The lowest BCUT2D eigenvalue weighted by atomic mass is 10.0. The standard InChI is InChI=1S/C22H18F3NO4S2/c1-14(27)31-13-21(28)16-6-9-19(10-7-16)32(29,30)26-12-17-4-2-3-15-5-8-18(11-20(15)17)22(23,24)25/h2-11,26H,12-13H2,1H3. The zero-order chi connectivity index (χ0) is 23.5. The number of benzene rings is 3. The number of carbonyl (C=O) groups excluding carboxylic acids is 2. The fraction of sp³-hybridized carbons (Fsp3) is 0.182. The molecule has 3 rings (SSSR count). The molecule has 0 heterocycles. The first-order valence-electron chi connectivity index (χ1n) is 9.32. The van der Waals surface area contributed by atoms with Crippen molar-refractivity contribution in [1.29, 1.82) is 0 Å². The van der Waals surface area contributed by atoms with E-state index < -0.39 is 21.8 Å². The molecule has 0 amide bonds. The van der Waals surface area contributed by atoms with Crippen molar-refractivity contribution in [3.63, 3.8) is 0 Å². The molecule has 1 N–H and O–H groups in total. The first-order chi connectivity index (χ1) is 15.0. The normalized spacial score (nSPS) is 12.1. The van der Waals surface area contributed by atoms with E-state index in [1.165, 1.54) is 37.3 Å². The Labute approximate surface area is 187 Å². The molecule has 0 aromatic heterocycles. The van der Waals surface area contributed by atoms with Crippen LogP contribution in [0.2, 0.25) is 0 Å². The third-order valence-electron chi connectivity index (χ3n) is 4.65. The van der Waals surface area contributed by atoms with Gasteiger partial charge in [-0.25, -0.2) is 13.1 Å². The van der Waals surface area contributed by atoms with E-state index >= 15 is 0 Å². The van der Waals surface area contributed by atoms with Crippen LogP contribution in [0, 0.1) is 0 Å². The van der Waals surface area contributed by atoms with Crippen LogP contribution >= 0.6 is 11.8 Å². The summed E-state index contributed by atoms with van der Waals surface area (Å²) in [6, 6.07) is 13.4. The van der Waals surface area contributed by atoms with Crippen LogP contribution in [0.15, 0.2) is 65.6 Å². The Morgan fingerprint density at radius 1 is 1.00 bits per heavy atom. The minimum Gasteiger partial charge on any atom is -0.293 e. The molecular formula is C22H18F3NO4S2. The smallest absolute Gasteiger partial charge is 0.293 e. The Balaban J connectivity index is 1.78. The summed E-state index contributed by atoms with van der Waals surface area (Å²) in [5.41, 5.74) is -0.153. The molecule has 3 aromatic carbocycles. The van der Waals surface area contributed by atoms with Crippen molar-refractivity contribution in [2.75, 3.05) is 5.75 Å². The summed E-state index contributed by atoms with van der Waals surface area (Å²) < 4.78 is 66.9. The lowest BCUT2D eigenvalue weighted by molar-refractivity contribution is -0.137. The van der Waals surface area contributed by atoms with Gasteiger partial charge in [-0.15, -0.1) is 0 Å². The van der Waals surface area contributed by atoms with E-state index in [4.69, 9.17) is 0 Å². The van der Waals surface area contributed by atoms with Crippen LogP contribution in [0.3, 0.4) is 0 Å². The molecule has 5 nitrogen and oxygen atoms in total. The number of halogens is 3. The number of hydrogen-bond donors (Lipinski definition) is 1. The molecule has 168 valence electrons. The van der Waals surface area contributed by atoms with E-state index in [9.17, 15) is 31.2 Å². The molecule has 0 saturated heterocycles. The molecule has 0 radical (unpaired) electrons. The van der Waals surface area contributed by atoms with Crippen molar-refractivity contribution in [2.45, 2.75) is 24.5 Å². The van der Waals surface area contributed by atoms with Crippen LogP contribution in [0.25, 0.3) is 10.8 Å². The second-order valence-electron chi connectivity index (χ2n) is 6.90. The maximum Gasteiger partial charge on any atom is 0.416 e. The number of alkyl halides is 3. The van der Waals surface area contributed by atoms with E-state index in [1.54, 1.807) is 18.2 Å². The van der Waals surface area contributed by atoms with Gasteiger partial charge in [0.1, 0.15) is 0 Å². The molecule has 0 atom stereocenters. The van der Waals surface area contributed by atoms with Crippen molar-refractivity contribution in [3.8, 4) is 0 Å². The summed E-state index contributed by atoms with van der Waals surface area (Å²) in [6.07, 6.45) is -4.51. The van der Waals surface area contributed by atoms with Gasteiger partial charge in [0.05, 0.1) is 16.2 Å². The van der Waals surface area contributed by atoms with Gasteiger partial charge in [0, 0.05) is 19.0 Å². The Morgan fingerprint density at radius 2 is 1.69 bits per heavy atom. The SMILES string of the molecule is CC(=O)SCC(=O)c1ccc(S(=O)(=O)NCc2cccc3ccc(C(F)(F)F)cc23)cc1. The summed E-state index contributed by atoms with van der Waals surface area (Å²) in [6.45, 7) is 1.13. The minimum atomic E-state index is -4.51. The molecule has 0 spiro atoms. The maximum absolute atomic E-state index is 13.1. The minimum absolute atomic E-state index is 0.0410. The van der Waals surface area contributed by atoms with Gasteiger partial charge in [-0.3, -0.25) is 9.59 Å². The average Bonchev–Trinajstić information content (AvgIpc) is 2.75.